The van der Waals surface area contributed by atoms with E-state index >= 15 is 0 Å². The minimum Gasteiger partial charge on any atom is -0.481 e. The normalized spacial score (nSPS) is 29.2. The Labute approximate surface area is 104 Å². The molecule has 1 aromatic carbocycles. The van der Waals surface area contributed by atoms with Gasteiger partial charge in [-0.15, -0.1) is 0 Å². The lowest BCUT2D eigenvalue weighted by Gasteiger charge is -2.30. The molecule has 86 valence electrons. The van der Waals surface area contributed by atoms with Crippen LogP contribution in [0.3, 0.4) is 0 Å². The predicted octanol–water partition coefficient (Wildman–Crippen LogP) is 3.59. The number of carboxylic acid groups (broad SMARTS) is 1. The van der Waals surface area contributed by atoms with E-state index in [1.54, 1.807) is 0 Å². The van der Waals surface area contributed by atoms with Gasteiger partial charge in [-0.25, -0.2) is 0 Å². The Morgan fingerprint density at radius 1 is 1.50 bits per heavy atom. The van der Waals surface area contributed by atoms with Crippen LogP contribution in [0.25, 0.3) is 0 Å². The van der Waals surface area contributed by atoms with Gasteiger partial charge in [-0.3, -0.25) is 4.79 Å². The maximum absolute atomic E-state index is 11.7. The first-order chi connectivity index (χ1) is 7.59. The van der Waals surface area contributed by atoms with E-state index in [1.165, 1.54) is 0 Å². The van der Waals surface area contributed by atoms with Crippen molar-refractivity contribution in [2.24, 2.45) is 5.92 Å². The van der Waals surface area contributed by atoms with Gasteiger partial charge >= 0.3 is 5.97 Å². The second-order valence-electron chi connectivity index (χ2n) is 4.55. The van der Waals surface area contributed by atoms with Crippen molar-refractivity contribution in [2.45, 2.75) is 31.6 Å². The second kappa shape index (κ2) is 4.21. The highest BCUT2D eigenvalue weighted by molar-refractivity contribution is 9.10. The molecule has 0 aliphatic heterocycles. The molecular weight excluding hydrogens is 268 g/mol. The van der Waals surface area contributed by atoms with E-state index in [0.29, 0.717) is 0 Å². The first-order valence-corrected chi connectivity index (χ1v) is 6.36. The maximum atomic E-state index is 11.7. The molecule has 1 fully saturated rings. The zero-order valence-corrected chi connectivity index (χ0v) is 10.8. The van der Waals surface area contributed by atoms with E-state index < -0.39 is 11.4 Å². The van der Waals surface area contributed by atoms with Crippen molar-refractivity contribution in [2.75, 3.05) is 0 Å². The average Bonchev–Trinajstić information content (AvgIpc) is 2.62. The summed E-state index contributed by atoms with van der Waals surface area (Å²) in [5, 5.41) is 9.59. The molecule has 0 aromatic heterocycles. The summed E-state index contributed by atoms with van der Waals surface area (Å²) in [4.78, 5) is 11.7. The van der Waals surface area contributed by atoms with Crippen LogP contribution in [0.2, 0.25) is 0 Å². The molecule has 1 aliphatic rings. The van der Waals surface area contributed by atoms with Crippen LogP contribution in [0.5, 0.6) is 0 Å². The van der Waals surface area contributed by atoms with Gasteiger partial charge in [-0.2, -0.15) is 0 Å². The van der Waals surface area contributed by atoms with Gasteiger partial charge < -0.3 is 5.11 Å². The van der Waals surface area contributed by atoms with Crippen LogP contribution in [0.4, 0.5) is 0 Å². The number of aliphatic carboxylic acids is 1. The summed E-state index contributed by atoms with van der Waals surface area (Å²) in [7, 11) is 0. The van der Waals surface area contributed by atoms with Crippen LogP contribution in [0.1, 0.15) is 31.7 Å². The van der Waals surface area contributed by atoms with E-state index in [9.17, 15) is 9.90 Å². The number of carboxylic acids is 1. The average molecular weight is 283 g/mol. The number of benzene rings is 1. The smallest absolute Gasteiger partial charge is 0.314 e. The lowest BCUT2D eigenvalue weighted by atomic mass is 9.73. The van der Waals surface area contributed by atoms with Crippen molar-refractivity contribution in [1.82, 2.24) is 0 Å². The Kier molecular flexibility index (Phi) is 3.06. The predicted molar refractivity (Wildman–Crippen MR) is 66.5 cm³/mol. The topological polar surface area (TPSA) is 37.3 Å². The fourth-order valence-corrected chi connectivity index (χ4v) is 3.47. The van der Waals surface area contributed by atoms with Crippen molar-refractivity contribution < 1.29 is 9.90 Å². The maximum Gasteiger partial charge on any atom is 0.314 e. The first kappa shape index (κ1) is 11.6. The monoisotopic (exact) mass is 282 g/mol. The molecule has 2 unspecified atom stereocenters. The van der Waals surface area contributed by atoms with Crippen LogP contribution in [0, 0.1) is 5.92 Å². The van der Waals surface area contributed by atoms with Gasteiger partial charge in [-0.1, -0.05) is 47.5 Å². The zero-order chi connectivity index (χ0) is 11.8. The van der Waals surface area contributed by atoms with Crippen molar-refractivity contribution >= 4 is 21.9 Å². The third-order valence-electron chi connectivity index (χ3n) is 3.79. The van der Waals surface area contributed by atoms with E-state index in [1.807, 2.05) is 31.2 Å². The Balaban J connectivity index is 2.57. The van der Waals surface area contributed by atoms with Gasteiger partial charge in [0.25, 0.3) is 0 Å². The van der Waals surface area contributed by atoms with Crippen LogP contribution in [-0.2, 0) is 10.2 Å². The number of carbonyl (C=O) groups is 1. The molecule has 16 heavy (non-hydrogen) atoms. The number of halogens is 1. The number of rotatable bonds is 2. The molecule has 0 spiro atoms. The third kappa shape index (κ3) is 1.58. The molecule has 0 amide bonds. The Hall–Kier alpha value is -0.830. The summed E-state index contributed by atoms with van der Waals surface area (Å²) in [6, 6.07) is 7.68. The molecule has 0 heterocycles. The van der Waals surface area contributed by atoms with Crippen LogP contribution in [-0.4, -0.2) is 11.1 Å². The minimum absolute atomic E-state index is 0.198. The summed E-state index contributed by atoms with van der Waals surface area (Å²) in [6.45, 7) is 2.04. The van der Waals surface area contributed by atoms with Gasteiger partial charge in [0.05, 0.1) is 5.41 Å². The molecule has 1 aromatic rings. The van der Waals surface area contributed by atoms with E-state index in [4.69, 9.17) is 0 Å². The number of hydrogen-bond donors (Lipinski definition) is 1. The van der Waals surface area contributed by atoms with Crippen molar-refractivity contribution in [3.63, 3.8) is 0 Å². The third-order valence-corrected chi connectivity index (χ3v) is 4.48. The lowest BCUT2D eigenvalue weighted by Crippen LogP contribution is -2.38. The van der Waals surface area contributed by atoms with Crippen molar-refractivity contribution in [1.29, 1.82) is 0 Å². The largest absolute Gasteiger partial charge is 0.481 e. The van der Waals surface area contributed by atoms with Crippen LogP contribution < -0.4 is 0 Å². The van der Waals surface area contributed by atoms with Gasteiger partial charge in [0.2, 0.25) is 0 Å². The minimum atomic E-state index is -0.694. The zero-order valence-electron chi connectivity index (χ0n) is 9.24. The van der Waals surface area contributed by atoms with Crippen molar-refractivity contribution in [3.05, 3.63) is 34.3 Å². The fourth-order valence-electron chi connectivity index (χ4n) is 2.84. The highest BCUT2D eigenvalue weighted by atomic mass is 79.9. The van der Waals surface area contributed by atoms with Gasteiger partial charge in [-0.05, 0) is 30.4 Å². The molecule has 2 rings (SSSR count). The summed E-state index contributed by atoms with van der Waals surface area (Å²) in [5.41, 5.74) is 0.229. The highest BCUT2D eigenvalue weighted by Crippen LogP contribution is 2.47. The highest BCUT2D eigenvalue weighted by Gasteiger charge is 2.49. The summed E-state index contributed by atoms with van der Waals surface area (Å²) >= 11 is 3.47. The van der Waals surface area contributed by atoms with Crippen LogP contribution in [0.15, 0.2) is 28.7 Å². The van der Waals surface area contributed by atoms with E-state index in [2.05, 4.69) is 15.9 Å². The molecule has 3 heteroatoms. The molecule has 0 bridgehead atoms. The standard InChI is InChI=1S/C13H15BrO2/c1-9-5-4-8-13(9,12(15)16)10-6-2-3-7-11(10)14/h2-3,6-7,9H,4-5,8H2,1H3,(H,15,16). The van der Waals surface area contributed by atoms with Gasteiger partial charge in [0.15, 0.2) is 0 Å². The summed E-state index contributed by atoms with van der Waals surface area (Å²) < 4.78 is 0.908. The molecule has 0 saturated heterocycles. The Bertz CT molecular complexity index is 416. The molecule has 0 radical (unpaired) electrons. The Morgan fingerprint density at radius 2 is 2.19 bits per heavy atom. The Morgan fingerprint density at radius 3 is 2.69 bits per heavy atom. The van der Waals surface area contributed by atoms with Gasteiger partial charge in [0, 0.05) is 4.47 Å². The SMILES string of the molecule is CC1CCCC1(C(=O)O)c1ccccc1Br. The molecule has 2 nitrogen and oxygen atoms in total. The number of hydrogen-bond acceptors (Lipinski definition) is 1. The fraction of sp³-hybridized carbons (Fsp3) is 0.462. The van der Waals surface area contributed by atoms with Crippen LogP contribution >= 0.6 is 15.9 Å². The molecular formula is C13H15BrO2. The van der Waals surface area contributed by atoms with Crippen molar-refractivity contribution in [3.8, 4) is 0 Å². The van der Waals surface area contributed by atoms with E-state index in [0.717, 1.165) is 29.3 Å². The molecule has 1 saturated carbocycles. The quantitative estimate of drug-likeness (QED) is 0.900. The molecule has 1 aliphatic carbocycles. The molecule has 2 atom stereocenters. The second-order valence-corrected chi connectivity index (χ2v) is 5.40. The molecule has 1 N–H and O–H groups in total. The van der Waals surface area contributed by atoms with Gasteiger partial charge in [0.1, 0.15) is 0 Å². The summed E-state index contributed by atoms with van der Waals surface area (Å²) in [5.74, 6) is -0.492. The lowest BCUT2D eigenvalue weighted by molar-refractivity contribution is -0.145. The first-order valence-electron chi connectivity index (χ1n) is 5.57. The summed E-state index contributed by atoms with van der Waals surface area (Å²) in [6.07, 6.45) is 2.73. The van der Waals surface area contributed by atoms with E-state index in [-0.39, 0.29) is 5.92 Å².